The Balaban J connectivity index is 1.41. The maximum Gasteiger partial charge on any atom is 0.365 e. The predicted molar refractivity (Wildman–Crippen MR) is 168 cm³/mol. The number of carbonyl (C=O) groups excluding carboxylic acids is 2. The van der Waals surface area contributed by atoms with Gasteiger partial charge in [0, 0.05) is 33.9 Å². The van der Waals surface area contributed by atoms with Gasteiger partial charge in [0.15, 0.2) is 0 Å². The lowest BCUT2D eigenvalue weighted by Crippen LogP contribution is -2.16. The van der Waals surface area contributed by atoms with Crippen LogP contribution >= 0.6 is 0 Å². The number of oxime groups is 1. The second-order valence-electron chi connectivity index (χ2n) is 11.4. The van der Waals surface area contributed by atoms with Gasteiger partial charge in [-0.3, -0.25) is 4.79 Å². The lowest BCUT2D eigenvalue weighted by atomic mass is 9.85. The van der Waals surface area contributed by atoms with Crippen LogP contribution in [0.4, 0.5) is 0 Å². The van der Waals surface area contributed by atoms with Crippen LogP contribution in [0.3, 0.4) is 0 Å². The molecule has 41 heavy (non-hydrogen) atoms. The van der Waals surface area contributed by atoms with Crippen molar-refractivity contribution in [2.75, 3.05) is 0 Å². The lowest BCUT2D eigenvalue weighted by molar-refractivity contribution is 0.0514. The number of benzene rings is 3. The quantitative estimate of drug-likeness (QED) is 0.0764. The number of Topliss-reactive ketones (excluding diaryl/α,β-unsaturated/α-hetero) is 1. The number of hydrogen-bond acceptors (Lipinski definition) is 4. The van der Waals surface area contributed by atoms with Crippen LogP contribution in [0.2, 0.25) is 0 Å². The minimum Gasteiger partial charge on any atom is -0.341 e. The Hall–Kier alpha value is -3.73. The van der Waals surface area contributed by atoms with Crippen molar-refractivity contribution >= 4 is 39.3 Å². The number of aryl methyl sites for hydroxylation is 2. The largest absolute Gasteiger partial charge is 0.365 e. The van der Waals surface area contributed by atoms with E-state index in [0.29, 0.717) is 17.5 Å². The van der Waals surface area contributed by atoms with Gasteiger partial charge in [0.05, 0.1) is 5.56 Å². The van der Waals surface area contributed by atoms with E-state index >= 15 is 0 Å². The average Bonchev–Trinajstić information content (AvgIpc) is 3.33. The Morgan fingerprint density at radius 1 is 0.854 bits per heavy atom. The smallest absolute Gasteiger partial charge is 0.341 e. The molecule has 5 nitrogen and oxygen atoms in total. The van der Waals surface area contributed by atoms with Gasteiger partial charge in [0.1, 0.15) is 5.71 Å². The molecule has 0 aliphatic heterocycles. The number of unbranched alkanes of at least 4 members (excludes halogenated alkanes) is 1. The SMILES string of the molecule is CCCCC(=NOC(=O)c1ccccc1)C(=O)c1ccc2c(c1)c1cc(CCCC3CCCCC3)ccc1n2CC. The first-order chi connectivity index (χ1) is 20.1. The number of ketones is 1. The number of hydrogen-bond donors (Lipinski definition) is 0. The van der Waals surface area contributed by atoms with Gasteiger partial charge in [-0.2, -0.15) is 0 Å². The first-order valence-electron chi connectivity index (χ1n) is 15.5. The Morgan fingerprint density at radius 3 is 2.32 bits per heavy atom. The van der Waals surface area contributed by atoms with Gasteiger partial charge in [0.25, 0.3) is 0 Å². The number of aromatic nitrogens is 1. The normalized spacial score (nSPS) is 14.5. The van der Waals surface area contributed by atoms with Gasteiger partial charge in [-0.15, -0.1) is 0 Å². The van der Waals surface area contributed by atoms with Crippen LogP contribution in [-0.2, 0) is 17.8 Å². The molecule has 3 aromatic carbocycles. The number of nitrogens with zero attached hydrogens (tertiary/aromatic N) is 2. The van der Waals surface area contributed by atoms with Crippen LogP contribution in [-0.4, -0.2) is 22.0 Å². The molecular formula is C36H42N2O3. The summed E-state index contributed by atoms with van der Waals surface area (Å²) in [5.41, 5.74) is 4.93. The van der Waals surface area contributed by atoms with E-state index in [4.69, 9.17) is 4.84 Å². The van der Waals surface area contributed by atoms with Crippen molar-refractivity contribution in [2.45, 2.75) is 91.0 Å². The van der Waals surface area contributed by atoms with Gasteiger partial charge >= 0.3 is 5.97 Å². The molecule has 1 saturated carbocycles. The molecule has 1 heterocycles. The van der Waals surface area contributed by atoms with Crippen LogP contribution in [0.1, 0.15) is 104 Å². The zero-order valence-corrected chi connectivity index (χ0v) is 24.5. The fourth-order valence-electron chi connectivity index (χ4n) is 6.29. The number of carbonyl (C=O) groups is 2. The van der Waals surface area contributed by atoms with Crippen LogP contribution in [0, 0.1) is 5.92 Å². The van der Waals surface area contributed by atoms with Crippen LogP contribution in [0.5, 0.6) is 0 Å². The molecule has 0 N–H and O–H groups in total. The fourth-order valence-corrected chi connectivity index (χ4v) is 6.29. The summed E-state index contributed by atoms with van der Waals surface area (Å²) in [6.07, 6.45) is 12.8. The first-order valence-corrected chi connectivity index (χ1v) is 15.5. The molecule has 1 fully saturated rings. The highest BCUT2D eigenvalue weighted by atomic mass is 16.7. The molecule has 1 aliphatic carbocycles. The van der Waals surface area contributed by atoms with E-state index < -0.39 is 5.97 Å². The topological polar surface area (TPSA) is 60.7 Å². The monoisotopic (exact) mass is 550 g/mol. The van der Waals surface area contributed by atoms with Gasteiger partial charge in [-0.1, -0.05) is 81.3 Å². The second-order valence-corrected chi connectivity index (χ2v) is 11.4. The molecule has 0 atom stereocenters. The van der Waals surface area contributed by atoms with E-state index in [2.05, 4.69) is 41.8 Å². The first kappa shape index (κ1) is 28.8. The molecule has 0 amide bonds. The Kier molecular flexibility index (Phi) is 9.66. The highest BCUT2D eigenvalue weighted by Gasteiger charge is 2.19. The minimum absolute atomic E-state index is 0.192. The van der Waals surface area contributed by atoms with Crippen LogP contribution in [0.15, 0.2) is 71.9 Å². The van der Waals surface area contributed by atoms with Gasteiger partial charge in [-0.05, 0) is 86.6 Å². The Labute approximate surface area is 243 Å². The van der Waals surface area contributed by atoms with Crippen molar-refractivity contribution < 1.29 is 14.4 Å². The van der Waals surface area contributed by atoms with Crippen molar-refractivity contribution in [3.63, 3.8) is 0 Å². The zero-order valence-electron chi connectivity index (χ0n) is 24.5. The van der Waals surface area contributed by atoms with E-state index in [1.165, 1.54) is 61.4 Å². The number of rotatable bonds is 12. The summed E-state index contributed by atoms with van der Waals surface area (Å²) in [4.78, 5) is 31.4. The molecule has 1 aromatic heterocycles. The maximum absolute atomic E-state index is 13.7. The van der Waals surface area contributed by atoms with Crippen molar-refractivity contribution in [1.29, 1.82) is 0 Å². The number of fused-ring (bicyclic) bond motifs is 3. The van der Waals surface area contributed by atoms with E-state index in [0.717, 1.165) is 42.6 Å². The lowest BCUT2D eigenvalue weighted by Gasteiger charge is -2.21. The molecular weight excluding hydrogens is 508 g/mol. The van der Waals surface area contributed by atoms with Crippen LogP contribution in [0.25, 0.3) is 21.8 Å². The summed E-state index contributed by atoms with van der Waals surface area (Å²) >= 11 is 0. The van der Waals surface area contributed by atoms with Crippen molar-refractivity contribution in [3.05, 3.63) is 83.4 Å². The van der Waals surface area contributed by atoms with Gasteiger partial charge in [-0.25, -0.2) is 4.79 Å². The van der Waals surface area contributed by atoms with Crippen LogP contribution < -0.4 is 0 Å². The van der Waals surface area contributed by atoms with Crippen molar-refractivity contribution in [1.82, 2.24) is 4.57 Å². The molecule has 0 spiro atoms. The van der Waals surface area contributed by atoms with Crippen molar-refractivity contribution in [3.8, 4) is 0 Å². The summed E-state index contributed by atoms with van der Waals surface area (Å²) in [5.74, 6) is 0.144. The summed E-state index contributed by atoms with van der Waals surface area (Å²) in [6.45, 7) is 5.08. The second kappa shape index (κ2) is 13.8. The summed E-state index contributed by atoms with van der Waals surface area (Å²) in [7, 11) is 0. The third-order valence-electron chi connectivity index (χ3n) is 8.59. The van der Waals surface area contributed by atoms with Gasteiger partial charge < -0.3 is 9.40 Å². The fraction of sp³-hybridized carbons (Fsp3) is 0.417. The Morgan fingerprint density at radius 2 is 1.59 bits per heavy atom. The van der Waals surface area contributed by atoms with Crippen molar-refractivity contribution in [2.24, 2.45) is 11.1 Å². The minimum atomic E-state index is -0.565. The highest BCUT2D eigenvalue weighted by Crippen LogP contribution is 2.32. The molecule has 0 unspecified atom stereocenters. The van der Waals surface area contributed by atoms with Gasteiger partial charge in [0.2, 0.25) is 5.78 Å². The third-order valence-corrected chi connectivity index (χ3v) is 8.59. The van der Waals surface area contributed by atoms with E-state index in [1.807, 2.05) is 24.3 Å². The van der Waals surface area contributed by atoms with E-state index in [9.17, 15) is 9.59 Å². The van der Waals surface area contributed by atoms with E-state index in [1.54, 1.807) is 24.3 Å². The summed E-state index contributed by atoms with van der Waals surface area (Å²) in [6, 6.07) is 21.5. The molecule has 5 rings (SSSR count). The molecule has 214 valence electrons. The summed E-state index contributed by atoms with van der Waals surface area (Å²) < 4.78 is 2.32. The zero-order chi connectivity index (χ0) is 28.6. The molecule has 1 aliphatic rings. The molecule has 4 aromatic rings. The molecule has 0 bridgehead atoms. The summed E-state index contributed by atoms with van der Waals surface area (Å²) in [5, 5.41) is 6.35. The molecule has 5 heteroatoms. The predicted octanol–water partition coefficient (Wildman–Crippen LogP) is 9.30. The highest BCUT2D eigenvalue weighted by molar-refractivity contribution is 6.46. The molecule has 0 radical (unpaired) electrons. The maximum atomic E-state index is 13.7. The standard InChI is InChI=1S/C36H42N2O3/c1-3-5-19-32(37-41-36(40)28-17-10-7-11-18-28)35(39)29-21-23-34-31(25-29)30-24-27(20-22-33(30)38(34)4-2)16-12-15-26-13-8-6-9-14-26/h7,10-11,17-18,20-26H,3-6,8-9,12-16,19H2,1-2H3. The Bertz CT molecular complexity index is 1530. The third kappa shape index (κ3) is 6.78. The van der Waals surface area contributed by atoms with E-state index in [-0.39, 0.29) is 11.5 Å². The average molecular weight is 551 g/mol. The molecule has 0 saturated heterocycles.